The van der Waals surface area contributed by atoms with Crippen molar-refractivity contribution in [1.82, 2.24) is 0 Å². The summed E-state index contributed by atoms with van der Waals surface area (Å²) in [5.74, 6) is -4.84. The first-order valence-electron chi connectivity index (χ1n) is 14.4. The number of hydrogen-bond acceptors (Lipinski definition) is 21. The lowest BCUT2D eigenvalue weighted by atomic mass is 9.98. The van der Waals surface area contributed by atoms with E-state index in [1.54, 1.807) is 0 Å². The molecule has 1 aliphatic heterocycles. The summed E-state index contributed by atoms with van der Waals surface area (Å²) in [4.78, 5) is 97.7. The molecule has 1 saturated heterocycles. The predicted octanol–water partition coefficient (Wildman–Crippen LogP) is -1.03. The zero-order chi connectivity index (χ0) is 38.7. The molecule has 5 atom stereocenters. The maximum atomic E-state index is 12.3. The third-order valence-corrected chi connectivity index (χ3v) is 5.91. The van der Waals surface area contributed by atoms with Crippen LogP contribution in [0.5, 0.6) is 11.5 Å². The minimum Gasteiger partial charge on any atom is -0.508 e. The minimum atomic E-state index is -2.22. The van der Waals surface area contributed by atoms with Crippen LogP contribution in [0, 0.1) is 40.5 Å². The number of aliphatic hydroxyl groups is 1. The molecule has 282 valence electrons. The molecule has 0 amide bonds. The van der Waals surface area contributed by atoms with Gasteiger partial charge in [0.05, 0.1) is 0 Å². The van der Waals surface area contributed by atoms with Crippen LogP contribution in [0.25, 0.3) is 0 Å². The summed E-state index contributed by atoms with van der Waals surface area (Å²) in [7, 11) is 0. The van der Waals surface area contributed by atoms with Gasteiger partial charge in [0.25, 0.3) is 0 Å². The van der Waals surface area contributed by atoms with E-state index in [9.17, 15) is 69.5 Å². The van der Waals surface area contributed by atoms with Crippen molar-refractivity contribution in [3.05, 3.63) is 64.7 Å². The number of hydrogen-bond donors (Lipinski definition) is 2. The lowest BCUT2D eigenvalue weighted by molar-refractivity contribution is -0.479. The maximum Gasteiger partial charge on any atom is 0.313 e. The van der Waals surface area contributed by atoms with Crippen molar-refractivity contribution in [2.24, 2.45) is 0 Å². The van der Waals surface area contributed by atoms with Crippen LogP contribution in [0.3, 0.4) is 0 Å². The van der Waals surface area contributed by atoms with Crippen LogP contribution in [-0.2, 0) is 47.7 Å². The lowest BCUT2D eigenvalue weighted by Gasteiger charge is -2.42. The van der Waals surface area contributed by atoms with Crippen molar-refractivity contribution in [2.75, 3.05) is 32.8 Å². The van der Waals surface area contributed by atoms with Crippen molar-refractivity contribution < 1.29 is 82.3 Å². The Morgan fingerprint density at radius 3 is 1.47 bits per heavy atom. The number of ether oxygens (including phenoxy) is 6. The van der Waals surface area contributed by atoms with E-state index in [1.165, 1.54) is 31.2 Å². The van der Waals surface area contributed by atoms with Gasteiger partial charge in [-0.1, -0.05) is 0 Å². The Balaban J connectivity index is 0.000000997. The molecule has 0 radical (unpaired) electrons. The van der Waals surface area contributed by atoms with Gasteiger partial charge >= 0.3 is 29.8 Å². The van der Waals surface area contributed by atoms with E-state index in [2.05, 4.69) is 0 Å². The van der Waals surface area contributed by atoms with Crippen LogP contribution < -0.4 is 4.74 Å². The van der Waals surface area contributed by atoms with Crippen molar-refractivity contribution in [1.29, 1.82) is 0 Å². The average molecular weight is 737 g/mol. The number of aliphatic hydroxyl groups excluding tert-OH is 1. The van der Waals surface area contributed by atoms with Crippen LogP contribution in [0.15, 0.2) is 24.3 Å². The number of carbonyl (C=O) groups is 5. The third-order valence-electron chi connectivity index (χ3n) is 5.91. The summed E-state index contributed by atoms with van der Waals surface area (Å²) in [5, 5.41) is 61.5. The number of carbonyl (C=O) groups excluding carboxylic acids is 5. The molecule has 51 heavy (non-hydrogen) atoms. The van der Waals surface area contributed by atoms with Crippen LogP contribution in [0.1, 0.15) is 32.6 Å². The summed E-state index contributed by atoms with van der Waals surface area (Å²) in [6.07, 6.45) is -13.2. The average Bonchev–Trinajstić information content (AvgIpc) is 3.04. The Bertz CT molecular complexity index is 1420. The van der Waals surface area contributed by atoms with Crippen LogP contribution >= 0.6 is 0 Å². The van der Waals surface area contributed by atoms with E-state index in [4.69, 9.17) is 33.5 Å². The lowest BCUT2D eigenvalue weighted by Crippen LogP contribution is -2.62. The third kappa shape index (κ3) is 18.3. The normalized spacial score (nSPS) is 19.1. The number of benzene rings is 1. The smallest absolute Gasteiger partial charge is 0.313 e. The zero-order valence-corrected chi connectivity index (χ0v) is 26.5. The van der Waals surface area contributed by atoms with E-state index in [0.717, 1.165) is 0 Å². The molecule has 1 heterocycles. The summed E-state index contributed by atoms with van der Waals surface area (Å²) in [6.45, 7) is -3.13. The molecule has 0 spiro atoms. The summed E-state index contributed by atoms with van der Waals surface area (Å²) in [6, 6.07) is 5.96. The van der Waals surface area contributed by atoms with Gasteiger partial charge in [0.2, 0.25) is 26.2 Å². The second-order valence-electron chi connectivity index (χ2n) is 9.92. The first kappa shape index (κ1) is 42.9. The topological polar surface area (TPSA) is 354 Å². The molecule has 25 nitrogen and oxygen atoms in total. The quantitative estimate of drug-likeness (QED) is 0.0597. The Hall–Kier alpha value is -6.11. The van der Waals surface area contributed by atoms with E-state index >= 15 is 0 Å². The predicted molar refractivity (Wildman–Crippen MR) is 157 cm³/mol. The Labute approximate surface area is 284 Å². The van der Waals surface area contributed by atoms with E-state index in [-0.39, 0.29) is 11.7 Å². The number of phenols is 1. The second-order valence-corrected chi connectivity index (χ2v) is 9.92. The molecule has 1 aromatic rings. The van der Waals surface area contributed by atoms with Gasteiger partial charge in [0, 0.05) is 26.6 Å². The molecule has 2 N–H and O–H groups in total. The highest BCUT2D eigenvalue weighted by Crippen LogP contribution is 2.29. The monoisotopic (exact) mass is 736 g/mol. The number of rotatable bonds is 18. The fraction of sp³-hybridized carbons (Fsp3) is 0.577. The van der Waals surface area contributed by atoms with Gasteiger partial charge in [-0.3, -0.25) is 64.4 Å². The van der Waals surface area contributed by atoms with Crippen molar-refractivity contribution in [3.63, 3.8) is 0 Å². The molecule has 5 unspecified atom stereocenters. The summed E-state index contributed by atoms with van der Waals surface area (Å²) >= 11 is 0. The fourth-order valence-corrected chi connectivity index (χ4v) is 3.72. The largest absolute Gasteiger partial charge is 0.508 e. The van der Waals surface area contributed by atoms with Crippen molar-refractivity contribution >= 4 is 29.8 Å². The number of phenolic OH excluding ortho intramolecular Hbond substituents is 1. The first-order valence-corrected chi connectivity index (χ1v) is 14.4. The maximum absolute atomic E-state index is 12.3. The van der Waals surface area contributed by atoms with Crippen LogP contribution in [0.4, 0.5) is 0 Å². The van der Waals surface area contributed by atoms with Gasteiger partial charge in [-0.2, -0.15) is 0 Å². The number of esters is 5. The highest BCUT2D eigenvalue weighted by atomic mass is 16.7. The summed E-state index contributed by atoms with van der Waals surface area (Å²) < 4.78 is 29.8. The second kappa shape index (κ2) is 21.8. The molecule has 1 fully saturated rings. The van der Waals surface area contributed by atoms with Crippen molar-refractivity contribution in [3.8, 4) is 11.5 Å². The highest BCUT2D eigenvalue weighted by molar-refractivity contribution is 5.72. The molecule has 0 aromatic heterocycles. The van der Waals surface area contributed by atoms with Gasteiger partial charge in [-0.05, 0) is 24.3 Å². The van der Waals surface area contributed by atoms with E-state index < -0.39 is 133 Å². The van der Waals surface area contributed by atoms with E-state index in [1.807, 2.05) is 0 Å². The zero-order valence-electron chi connectivity index (χ0n) is 26.5. The van der Waals surface area contributed by atoms with E-state index in [0.29, 0.717) is 5.75 Å². The number of nitro groups is 4. The Kier molecular flexibility index (Phi) is 18.3. The molecular weight excluding hydrogens is 704 g/mol. The molecule has 2 rings (SSSR count). The summed E-state index contributed by atoms with van der Waals surface area (Å²) in [5.41, 5.74) is 0. The SMILES string of the molecule is CC(=O)Oc1ccc(O)cc1.O=C(CC[N+](=O)[O-])OCC1OC(O)C(OC(=O)CC[N+](=O)[O-])C(OC(=O)CC[N+](=O)[O-])C1OC(=O)CC[N+](=O)[O-]. The molecule has 0 bridgehead atoms. The van der Waals surface area contributed by atoms with Crippen LogP contribution in [-0.4, -0.2) is 123 Å². The van der Waals surface area contributed by atoms with Gasteiger partial charge in [0.15, 0.2) is 24.6 Å². The first-order chi connectivity index (χ1) is 23.9. The Morgan fingerprint density at radius 2 is 1.06 bits per heavy atom. The van der Waals surface area contributed by atoms with Crippen molar-refractivity contribution in [2.45, 2.75) is 63.3 Å². The van der Waals surface area contributed by atoms with Gasteiger partial charge in [-0.15, -0.1) is 0 Å². The fourth-order valence-electron chi connectivity index (χ4n) is 3.72. The molecular formula is C26H32N4O21. The van der Waals surface area contributed by atoms with Gasteiger partial charge in [0.1, 0.15) is 49.9 Å². The minimum absolute atomic E-state index is 0.154. The van der Waals surface area contributed by atoms with Gasteiger partial charge in [-0.25, -0.2) is 0 Å². The van der Waals surface area contributed by atoms with Crippen LogP contribution in [0.2, 0.25) is 0 Å². The Morgan fingerprint density at radius 1 is 0.667 bits per heavy atom. The molecule has 1 aliphatic rings. The molecule has 25 heteroatoms. The molecule has 0 saturated carbocycles. The van der Waals surface area contributed by atoms with Gasteiger partial charge < -0.3 is 38.6 Å². The number of nitrogens with zero attached hydrogens (tertiary/aromatic N) is 4. The number of aromatic hydroxyl groups is 1. The molecule has 0 aliphatic carbocycles. The highest BCUT2D eigenvalue weighted by Gasteiger charge is 2.52. The standard InChI is InChI=1S/C18H24N4O18.C8H8O3/c23-11(1-5-19(28)29)36-9-10-15(38-12(24)2-6-20(30)31)16(39-13(25)3-7-21(32)33)17(18(27)37-10)40-14(26)4-8-22(34)35;1-6(9)11-8-4-2-7(10)3-5-8/h10,15-18,27H,1-9H2;2-5,10H,1H3. The molecule has 1 aromatic carbocycles.